The molecular formula is C27H21N3O2. The van der Waals surface area contributed by atoms with Gasteiger partial charge in [0.1, 0.15) is 6.07 Å². The van der Waals surface area contributed by atoms with E-state index in [-0.39, 0.29) is 0 Å². The van der Waals surface area contributed by atoms with Crippen molar-refractivity contribution in [1.29, 1.82) is 5.26 Å². The molecule has 0 aliphatic carbocycles. The van der Waals surface area contributed by atoms with Gasteiger partial charge in [-0.15, -0.1) is 0 Å². The van der Waals surface area contributed by atoms with Crippen LogP contribution in [0.2, 0.25) is 0 Å². The van der Waals surface area contributed by atoms with Crippen LogP contribution in [0.4, 0.5) is 0 Å². The van der Waals surface area contributed by atoms with E-state index in [2.05, 4.69) is 35.3 Å². The summed E-state index contributed by atoms with van der Waals surface area (Å²) in [7, 11) is 0. The Hall–Kier alpha value is -4.43. The Morgan fingerprint density at radius 1 is 1.06 bits per heavy atom. The molecule has 32 heavy (non-hydrogen) atoms. The number of aliphatic carboxylic acids is 1. The first-order valence-corrected chi connectivity index (χ1v) is 10.3. The zero-order valence-corrected chi connectivity index (χ0v) is 17.5. The van der Waals surface area contributed by atoms with Gasteiger partial charge in [0.2, 0.25) is 0 Å². The van der Waals surface area contributed by atoms with Gasteiger partial charge in [0.25, 0.3) is 0 Å². The van der Waals surface area contributed by atoms with E-state index in [1.807, 2.05) is 54.6 Å². The molecule has 0 spiro atoms. The molecule has 5 heteroatoms. The van der Waals surface area contributed by atoms with Crippen LogP contribution in [0.5, 0.6) is 0 Å². The van der Waals surface area contributed by atoms with Gasteiger partial charge in [-0.25, -0.2) is 4.79 Å². The van der Waals surface area contributed by atoms with Crippen molar-refractivity contribution in [2.75, 3.05) is 0 Å². The van der Waals surface area contributed by atoms with Crippen LogP contribution in [0.15, 0.2) is 79.0 Å². The van der Waals surface area contributed by atoms with Crippen LogP contribution in [0.25, 0.3) is 28.1 Å². The quantitative estimate of drug-likeness (QED) is 0.301. The first kappa shape index (κ1) is 20.8. The minimum absolute atomic E-state index is 0.572. The lowest BCUT2D eigenvalue weighted by atomic mass is 9.85. The summed E-state index contributed by atoms with van der Waals surface area (Å²) in [6, 6.07) is 24.1. The lowest BCUT2D eigenvalue weighted by Gasteiger charge is -2.18. The van der Waals surface area contributed by atoms with E-state index in [1.165, 1.54) is 0 Å². The number of nitrogens with zero attached hydrogens (tertiary/aromatic N) is 2. The molecule has 0 amide bonds. The molecule has 0 radical (unpaired) electrons. The molecule has 0 fully saturated rings. The highest BCUT2D eigenvalue weighted by atomic mass is 16.4. The van der Waals surface area contributed by atoms with Gasteiger partial charge in [0, 0.05) is 17.0 Å². The summed E-state index contributed by atoms with van der Waals surface area (Å²) in [5, 5.41) is 26.8. The third kappa shape index (κ3) is 4.07. The van der Waals surface area contributed by atoms with E-state index in [0.717, 1.165) is 56.8 Å². The van der Waals surface area contributed by atoms with Gasteiger partial charge >= 0.3 is 5.97 Å². The number of benzene rings is 3. The Morgan fingerprint density at radius 3 is 2.47 bits per heavy atom. The van der Waals surface area contributed by atoms with Crippen LogP contribution in [-0.4, -0.2) is 21.3 Å². The van der Waals surface area contributed by atoms with Gasteiger partial charge in [-0.05, 0) is 46.4 Å². The molecule has 1 heterocycles. The molecule has 0 unspecified atom stereocenters. The molecule has 0 saturated carbocycles. The van der Waals surface area contributed by atoms with E-state index in [0.29, 0.717) is 5.56 Å². The number of carboxylic acid groups (broad SMARTS) is 1. The Labute approximate surface area is 186 Å². The molecule has 4 aromatic rings. The molecule has 0 saturated heterocycles. The number of nitriles is 1. The number of carboxylic acids is 1. The van der Waals surface area contributed by atoms with Crippen LogP contribution in [-0.2, 0) is 4.79 Å². The molecule has 4 rings (SSSR count). The number of fused-ring (bicyclic) bond motifs is 1. The lowest BCUT2D eigenvalue weighted by molar-refractivity contribution is -0.131. The van der Waals surface area contributed by atoms with Gasteiger partial charge in [-0.2, -0.15) is 10.4 Å². The summed E-state index contributed by atoms with van der Waals surface area (Å²) < 4.78 is 0. The lowest BCUT2D eigenvalue weighted by Crippen LogP contribution is -1.98. The standard InChI is InChI=1S/C27H21N3O2/c1-2-21(19-6-4-3-5-7-19)27(20-11-8-18(9-12-20)10-15-26(31)32)22-13-14-25-24(17-29-30-25)23(22)16-28/h3-15,17H,2H2,1H3,(H,29,30)(H,31,32). The number of hydrogen-bond acceptors (Lipinski definition) is 3. The van der Waals surface area contributed by atoms with Gasteiger partial charge in [-0.3, -0.25) is 5.10 Å². The Morgan fingerprint density at radius 2 is 1.81 bits per heavy atom. The van der Waals surface area contributed by atoms with Crippen LogP contribution in [0, 0.1) is 11.3 Å². The molecule has 1 aromatic heterocycles. The second-order valence-electron chi connectivity index (χ2n) is 7.30. The first-order valence-electron chi connectivity index (χ1n) is 10.3. The Bertz CT molecular complexity index is 1370. The highest BCUT2D eigenvalue weighted by Gasteiger charge is 2.18. The SMILES string of the molecule is CCC(=C(c1ccc(C=CC(=O)O)cc1)c1ccc2[nH]ncc2c1C#N)c1ccccc1. The molecule has 0 atom stereocenters. The third-order valence-corrected chi connectivity index (χ3v) is 5.40. The fourth-order valence-electron chi connectivity index (χ4n) is 3.93. The molecule has 0 bridgehead atoms. The van der Waals surface area contributed by atoms with Crippen molar-refractivity contribution in [3.8, 4) is 6.07 Å². The summed E-state index contributed by atoms with van der Waals surface area (Å²) in [6.45, 7) is 2.11. The maximum Gasteiger partial charge on any atom is 0.328 e. The van der Waals surface area contributed by atoms with Crippen LogP contribution in [0.3, 0.4) is 0 Å². The average molecular weight is 419 g/mol. The zero-order valence-electron chi connectivity index (χ0n) is 17.5. The maximum atomic E-state index is 10.8. The highest BCUT2D eigenvalue weighted by Crippen LogP contribution is 2.37. The minimum Gasteiger partial charge on any atom is -0.478 e. The first-order chi connectivity index (χ1) is 15.6. The summed E-state index contributed by atoms with van der Waals surface area (Å²) in [5.74, 6) is -0.987. The highest BCUT2D eigenvalue weighted by molar-refractivity contribution is 6.03. The number of carbonyl (C=O) groups is 1. The molecule has 0 aliphatic rings. The Balaban J connectivity index is 1.98. The Kier molecular flexibility index (Phi) is 5.96. The zero-order chi connectivity index (χ0) is 22.5. The fourth-order valence-corrected chi connectivity index (χ4v) is 3.93. The van der Waals surface area contributed by atoms with Gasteiger partial charge in [-0.1, -0.05) is 67.6 Å². The predicted octanol–water partition coefficient (Wildman–Crippen LogP) is 5.90. The second-order valence-corrected chi connectivity index (χ2v) is 7.30. The number of aromatic nitrogens is 2. The molecular weight excluding hydrogens is 398 g/mol. The number of hydrogen-bond donors (Lipinski definition) is 2. The monoisotopic (exact) mass is 419 g/mol. The summed E-state index contributed by atoms with van der Waals surface area (Å²) in [6.07, 6.45) is 5.14. The summed E-state index contributed by atoms with van der Waals surface area (Å²) in [4.78, 5) is 10.8. The number of aromatic amines is 1. The smallest absolute Gasteiger partial charge is 0.328 e. The minimum atomic E-state index is -0.987. The fraction of sp³-hybridized carbons (Fsp3) is 0.0741. The van der Waals surface area contributed by atoms with Crippen LogP contribution in [0.1, 0.15) is 41.2 Å². The molecule has 2 N–H and O–H groups in total. The normalized spacial score (nSPS) is 12.0. The maximum absolute atomic E-state index is 10.8. The van der Waals surface area contributed by atoms with Crippen molar-refractivity contribution in [3.63, 3.8) is 0 Å². The van der Waals surface area contributed by atoms with E-state index < -0.39 is 5.97 Å². The number of nitrogens with one attached hydrogen (secondary N) is 1. The van der Waals surface area contributed by atoms with Crippen molar-refractivity contribution < 1.29 is 9.90 Å². The topological polar surface area (TPSA) is 89.8 Å². The van der Waals surface area contributed by atoms with Crippen LogP contribution < -0.4 is 0 Å². The van der Waals surface area contributed by atoms with Gasteiger partial charge < -0.3 is 5.11 Å². The van der Waals surface area contributed by atoms with Crippen molar-refractivity contribution in [3.05, 3.63) is 107 Å². The number of allylic oxidation sites excluding steroid dienone is 1. The van der Waals surface area contributed by atoms with Crippen molar-refractivity contribution >= 4 is 34.1 Å². The van der Waals surface area contributed by atoms with Crippen molar-refractivity contribution in [1.82, 2.24) is 10.2 Å². The van der Waals surface area contributed by atoms with E-state index in [1.54, 1.807) is 12.3 Å². The van der Waals surface area contributed by atoms with Gasteiger partial charge in [0.05, 0.1) is 17.3 Å². The number of H-pyrrole nitrogens is 1. The molecule has 5 nitrogen and oxygen atoms in total. The largest absolute Gasteiger partial charge is 0.478 e. The van der Waals surface area contributed by atoms with Crippen molar-refractivity contribution in [2.45, 2.75) is 13.3 Å². The predicted molar refractivity (Wildman–Crippen MR) is 127 cm³/mol. The average Bonchev–Trinajstić information content (AvgIpc) is 3.30. The molecule has 3 aromatic carbocycles. The summed E-state index contributed by atoms with van der Waals surface area (Å²) >= 11 is 0. The third-order valence-electron chi connectivity index (χ3n) is 5.40. The van der Waals surface area contributed by atoms with E-state index in [9.17, 15) is 10.1 Å². The molecule has 156 valence electrons. The van der Waals surface area contributed by atoms with E-state index in [4.69, 9.17) is 5.11 Å². The number of rotatable bonds is 6. The van der Waals surface area contributed by atoms with Crippen molar-refractivity contribution in [2.24, 2.45) is 0 Å². The molecule has 0 aliphatic heterocycles. The van der Waals surface area contributed by atoms with E-state index >= 15 is 0 Å². The van der Waals surface area contributed by atoms with Gasteiger partial charge in [0.15, 0.2) is 0 Å². The summed E-state index contributed by atoms with van der Waals surface area (Å²) in [5.41, 5.74) is 7.17. The van der Waals surface area contributed by atoms with Crippen LogP contribution >= 0.6 is 0 Å². The second kappa shape index (κ2) is 9.15.